The Hall–Kier alpha value is -2.53. The molecule has 0 spiro atoms. The first-order chi connectivity index (χ1) is 13.4. The third-order valence-electron chi connectivity index (χ3n) is 4.58. The molecule has 11 heteroatoms. The van der Waals surface area contributed by atoms with E-state index in [0.717, 1.165) is 17.6 Å². The molecule has 3 N–H and O–H groups in total. The number of benzene rings is 1. The smallest absolute Gasteiger partial charge is 0.262 e. The summed E-state index contributed by atoms with van der Waals surface area (Å²) in [6.07, 6.45) is -0.843. The molecule has 1 fully saturated rings. The van der Waals surface area contributed by atoms with E-state index < -0.39 is 24.4 Å². The molecule has 0 saturated carbocycles. The number of alkyl halides is 2. The lowest BCUT2D eigenvalue weighted by Gasteiger charge is -2.19. The van der Waals surface area contributed by atoms with E-state index in [4.69, 9.17) is 14.8 Å². The Morgan fingerprint density at radius 1 is 1.46 bits per heavy atom. The van der Waals surface area contributed by atoms with E-state index >= 15 is 0 Å². The normalized spacial score (nSPS) is 19.6. The van der Waals surface area contributed by atoms with Crippen molar-refractivity contribution >= 4 is 29.5 Å². The van der Waals surface area contributed by atoms with E-state index in [2.05, 4.69) is 10.3 Å². The van der Waals surface area contributed by atoms with Gasteiger partial charge in [-0.25, -0.2) is 23.1 Å². The minimum Gasteiger partial charge on any atom is -0.491 e. The van der Waals surface area contributed by atoms with Crippen molar-refractivity contribution in [3.8, 4) is 17.1 Å². The topological polar surface area (TPSA) is 94.6 Å². The number of imidazole rings is 1. The number of aromatic nitrogens is 2. The molecule has 2 aromatic rings. The van der Waals surface area contributed by atoms with Crippen molar-refractivity contribution in [2.24, 2.45) is 5.73 Å². The Labute approximate surface area is 164 Å². The average Bonchev–Trinajstić information content (AvgIpc) is 3.26. The number of halogens is 2. The number of amides is 1. The molecule has 1 aromatic carbocycles. The molecule has 150 valence electrons. The second-order valence-corrected chi connectivity index (χ2v) is 7.25. The third-order valence-corrected chi connectivity index (χ3v) is 5.32. The number of fused-ring (bicyclic) bond motifs is 3. The third kappa shape index (κ3) is 3.47. The highest BCUT2D eigenvalue weighted by atomic mass is 32.2. The van der Waals surface area contributed by atoms with Gasteiger partial charge in [0.2, 0.25) is 5.91 Å². The molecule has 4 rings (SSSR count). The van der Waals surface area contributed by atoms with Crippen molar-refractivity contribution < 1.29 is 22.6 Å². The molecule has 0 radical (unpaired) electrons. The van der Waals surface area contributed by atoms with E-state index in [0.29, 0.717) is 36.2 Å². The summed E-state index contributed by atoms with van der Waals surface area (Å²) >= 11 is 0.985. The molecule has 1 aromatic heterocycles. The molecule has 1 amide bonds. The number of hydroxylamine groups is 1. The lowest BCUT2D eigenvalue weighted by molar-refractivity contribution is -0.118. The second kappa shape index (κ2) is 7.47. The Balaban J connectivity index is 1.65. The lowest BCUT2D eigenvalue weighted by atomic mass is 10.1. The predicted molar refractivity (Wildman–Crippen MR) is 101 cm³/mol. The molecule has 1 saturated heterocycles. The van der Waals surface area contributed by atoms with Crippen molar-refractivity contribution in [3.05, 3.63) is 24.4 Å². The maximum Gasteiger partial charge on any atom is 0.262 e. The highest BCUT2D eigenvalue weighted by Crippen LogP contribution is 2.38. The fourth-order valence-electron chi connectivity index (χ4n) is 3.05. The number of carbonyl (C=O) groups excluding carboxylic acids is 1. The molecule has 28 heavy (non-hydrogen) atoms. The van der Waals surface area contributed by atoms with Gasteiger partial charge in [0, 0.05) is 23.8 Å². The molecule has 0 unspecified atom stereocenters. The number of hydrogen-bond acceptors (Lipinski definition) is 7. The van der Waals surface area contributed by atoms with Crippen LogP contribution in [-0.2, 0) is 15.6 Å². The predicted octanol–water partition coefficient (Wildman–Crippen LogP) is 2.26. The van der Waals surface area contributed by atoms with Crippen molar-refractivity contribution in [1.29, 1.82) is 0 Å². The van der Waals surface area contributed by atoms with Gasteiger partial charge in [0.05, 0.1) is 24.1 Å². The number of ether oxygens (including phenoxy) is 1. The highest BCUT2D eigenvalue weighted by molar-refractivity contribution is 7.95. The first-order valence-corrected chi connectivity index (χ1v) is 9.62. The summed E-state index contributed by atoms with van der Waals surface area (Å²) < 4.78 is 39.4. The fraction of sp³-hybridized carbons (Fsp3) is 0.412. The Morgan fingerprint density at radius 3 is 3.04 bits per heavy atom. The maximum atomic E-state index is 13.2. The summed E-state index contributed by atoms with van der Waals surface area (Å²) in [5.41, 5.74) is 6.69. The van der Waals surface area contributed by atoms with Crippen LogP contribution < -0.4 is 20.9 Å². The van der Waals surface area contributed by atoms with E-state index in [1.807, 2.05) is 10.6 Å². The lowest BCUT2D eigenvalue weighted by Crippen LogP contribution is -2.36. The van der Waals surface area contributed by atoms with E-state index in [-0.39, 0.29) is 5.75 Å². The maximum absolute atomic E-state index is 13.2. The van der Waals surface area contributed by atoms with Gasteiger partial charge in [-0.2, -0.15) is 0 Å². The summed E-state index contributed by atoms with van der Waals surface area (Å²) in [5.74, 6) is 1.23. The number of hydrogen-bond donors (Lipinski definition) is 2. The van der Waals surface area contributed by atoms with Gasteiger partial charge in [0.25, 0.3) is 6.43 Å². The summed E-state index contributed by atoms with van der Waals surface area (Å²) in [5, 5.41) is 4.18. The average molecular weight is 411 g/mol. The molecule has 2 atom stereocenters. The van der Waals surface area contributed by atoms with Crippen molar-refractivity contribution in [2.75, 3.05) is 22.7 Å². The molecule has 8 nitrogen and oxygen atoms in total. The van der Waals surface area contributed by atoms with Crippen molar-refractivity contribution in [3.63, 3.8) is 0 Å². The first-order valence-electron chi connectivity index (χ1n) is 8.71. The number of rotatable bonds is 5. The van der Waals surface area contributed by atoms with E-state index in [9.17, 15) is 13.6 Å². The Kier molecular flexibility index (Phi) is 5.02. The number of nitrogens with zero attached hydrogens (tertiary/aromatic N) is 3. The molecule has 2 aliphatic heterocycles. The zero-order valence-electron chi connectivity index (χ0n) is 15.0. The summed E-state index contributed by atoms with van der Waals surface area (Å²) in [6.45, 7) is 2.57. The van der Waals surface area contributed by atoms with Crippen LogP contribution in [0.25, 0.3) is 11.4 Å². The fourth-order valence-corrected chi connectivity index (χ4v) is 3.83. The van der Waals surface area contributed by atoms with Crippen LogP contribution in [-0.4, -0.2) is 46.3 Å². The van der Waals surface area contributed by atoms with Gasteiger partial charge in [-0.05, 0) is 19.1 Å². The Bertz CT molecular complexity index is 894. The number of carbonyl (C=O) groups is 1. The van der Waals surface area contributed by atoms with Crippen molar-refractivity contribution in [2.45, 2.75) is 32.0 Å². The van der Waals surface area contributed by atoms with Crippen LogP contribution in [0.1, 0.15) is 6.92 Å². The van der Waals surface area contributed by atoms with E-state index in [1.54, 1.807) is 25.3 Å². The molecular weight excluding hydrogens is 392 g/mol. The molecule has 0 bridgehead atoms. The number of nitrogens with two attached hydrogens (primary N) is 1. The van der Waals surface area contributed by atoms with Crippen LogP contribution in [0.15, 0.2) is 24.4 Å². The van der Waals surface area contributed by atoms with Crippen LogP contribution >= 0.6 is 12.0 Å². The van der Waals surface area contributed by atoms with Gasteiger partial charge in [-0.15, -0.1) is 0 Å². The van der Waals surface area contributed by atoms with Crippen LogP contribution in [0.3, 0.4) is 0 Å². The van der Waals surface area contributed by atoms with Crippen LogP contribution in [0.2, 0.25) is 0 Å². The van der Waals surface area contributed by atoms with Gasteiger partial charge in [0.15, 0.2) is 5.82 Å². The zero-order valence-corrected chi connectivity index (χ0v) is 15.8. The number of anilines is 2. The largest absolute Gasteiger partial charge is 0.491 e. The minimum atomic E-state index is -2.53. The quantitative estimate of drug-likeness (QED) is 0.729. The van der Waals surface area contributed by atoms with Gasteiger partial charge in [0.1, 0.15) is 30.3 Å². The zero-order chi connectivity index (χ0) is 19.8. The standard InChI is InChI=1S/C17H19F2N5O3S/c1-9(16(20)25)21-10-2-3-11-13(6-10)26-5-4-23-7-14(22-17(11)23)24-12(15(18)19)8-28-27-24/h2-3,6-7,9,12,15,21H,4-5,8H2,1H3,(H2,20,25)/t9-,12+/m0/s1. The van der Waals surface area contributed by atoms with E-state index in [1.165, 1.54) is 5.06 Å². The summed E-state index contributed by atoms with van der Waals surface area (Å²) in [6, 6.07) is 3.79. The second-order valence-electron chi connectivity index (χ2n) is 6.53. The molecule has 3 heterocycles. The SMILES string of the molecule is C[C@H](Nc1ccc2c(c1)OCCn1cc(N3OSC[C@@H]3C(F)F)nc1-2)C(N)=O. The van der Waals surface area contributed by atoms with Crippen LogP contribution in [0, 0.1) is 0 Å². The molecular formula is C17H19F2N5O3S. The van der Waals surface area contributed by atoms with Gasteiger partial charge >= 0.3 is 0 Å². The minimum absolute atomic E-state index is 0.173. The molecule has 0 aliphatic carbocycles. The first kappa shape index (κ1) is 18.8. The van der Waals surface area contributed by atoms with Crippen LogP contribution in [0.5, 0.6) is 5.75 Å². The van der Waals surface area contributed by atoms with Gasteiger partial charge < -0.3 is 20.4 Å². The van der Waals surface area contributed by atoms with Gasteiger partial charge in [-0.3, -0.25) is 4.79 Å². The molecule has 2 aliphatic rings. The van der Waals surface area contributed by atoms with Crippen LogP contribution in [0.4, 0.5) is 20.3 Å². The monoisotopic (exact) mass is 411 g/mol. The summed E-state index contributed by atoms with van der Waals surface area (Å²) in [7, 11) is 0. The summed E-state index contributed by atoms with van der Waals surface area (Å²) in [4.78, 5) is 15.8. The Morgan fingerprint density at radius 2 is 2.29 bits per heavy atom. The highest BCUT2D eigenvalue weighted by Gasteiger charge is 2.37. The van der Waals surface area contributed by atoms with Crippen molar-refractivity contribution in [1.82, 2.24) is 9.55 Å². The number of nitrogens with one attached hydrogen (secondary N) is 1. The number of primary amides is 1. The van der Waals surface area contributed by atoms with Gasteiger partial charge in [-0.1, -0.05) is 0 Å².